The Morgan fingerprint density at radius 1 is 1.18 bits per heavy atom. The van der Waals surface area contributed by atoms with E-state index in [1.165, 1.54) is 30.6 Å². The molecule has 1 amide bonds. The van der Waals surface area contributed by atoms with Gasteiger partial charge in [0.15, 0.2) is 5.82 Å². The number of para-hydroxylation sites is 1. The van der Waals surface area contributed by atoms with Gasteiger partial charge in [-0.25, -0.2) is 14.4 Å². The van der Waals surface area contributed by atoms with Gasteiger partial charge in [0.1, 0.15) is 5.69 Å². The number of hydrogen-bond donors (Lipinski definition) is 1. The molecular weight excluding hydrogens is 442 g/mol. The van der Waals surface area contributed by atoms with Gasteiger partial charge in [0, 0.05) is 25.5 Å². The zero-order chi connectivity index (χ0) is 23.6. The maximum absolute atomic E-state index is 14.6. The lowest BCUT2D eigenvalue weighted by Gasteiger charge is -2.37. The molecule has 0 aliphatic carbocycles. The highest BCUT2D eigenvalue weighted by molar-refractivity contribution is 5.98. The Bertz CT molecular complexity index is 1150. The zero-order valence-electron chi connectivity index (χ0n) is 17.3. The molecule has 12 heteroatoms. The quantitative estimate of drug-likeness (QED) is 0.462. The van der Waals surface area contributed by atoms with Crippen LogP contribution >= 0.6 is 0 Å². The van der Waals surface area contributed by atoms with E-state index >= 15 is 0 Å². The standard InChI is InChI=1S/C21H19F4N7O/c1-13-4-3-9-31(17(13)12-28-20-26-10-14(11-27-20)21(23,24)25)19(33)15-5-2-6-16(22)18(15)32-29-7-8-30-32/h2,5-8,10-11,17H,1,3-4,9,12H2,(H,26,27,28)/t17-/m1/s1. The minimum atomic E-state index is -4.54. The van der Waals surface area contributed by atoms with E-state index in [0.29, 0.717) is 31.8 Å². The van der Waals surface area contributed by atoms with Crippen molar-refractivity contribution in [2.75, 3.05) is 18.4 Å². The van der Waals surface area contributed by atoms with E-state index in [-0.39, 0.29) is 23.7 Å². The molecule has 0 spiro atoms. The van der Waals surface area contributed by atoms with Crippen molar-refractivity contribution < 1.29 is 22.4 Å². The van der Waals surface area contributed by atoms with Gasteiger partial charge in [-0.2, -0.15) is 23.4 Å². The van der Waals surface area contributed by atoms with Crippen LogP contribution in [0.25, 0.3) is 5.69 Å². The maximum atomic E-state index is 14.6. The molecule has 1 saturated heterocycles. The molecule has 1 aromatic carbocycles. The van der Waals surface area contributed by atoms with Crippen LogP contribution in [0.5, 0.6) is 0 Å². The van der Waals surface area contributed by atoms with E-state index in [9.17, 15) is 22.4 Å². The van der Waals surface area contributed by atoms with Crippen LogP contribution in [0.15, 0.2) is 55.1 Å². The third-order valence-electron chi connectivity index (χ3n) is 5.27. The number of benzene rings is 1. The van der Waals surface area contributed by atoms with Crippen LogP contribution in [-0.4, -0.2) is 54.9 Å². The van der Waals surface area contributed by atoms with Crippen molar-refractivity contribution in [3.8, 4) is 5.69 Å². The molecule has 3 aromatic rings. The van der Waals surface area contributed by atoms with Crippen LogP contribution in [0.3, 0.4) is 0 Å². The lowest BCUT2D eigenvalue weighted by atomic mass is 9.95. The van der Waals surface area contributed by atoms with Crippen LogP contribution in [0.2, 0.25) is 0 Å². The van der Waals surface area contributed by atoms with Gasteiger partial charge in [0.25, 0.3) is 5.91 Å². The summed E-state index contributed by atoms with van der Waals surface area (Å²) in [7, 11) is 0. The van der Waals surface area contributed by atoms with Gasteiger partial charge in [-0.3, -0.25) is 4.79 Å². The summed E-state index contributed by atoms with van der Waals surface area (Å²) in [4.78, 5) is 23.4. The number of nitrogens with zero attached hydrogens (tertiary/aromatic N) is 6. The van der Waals surface area contributed by atoms with Crippen LogP contribution in [0.4, 0.5) is 23.5 Å². The molecule has 8 nitrogen and oxygen atoms in total. The zero-order valence-corrected chi connectivity index (χ0v) is 17.3. The predicted molar refractivity (Wildman–Crippen MR) is 110 cm³/mol. The molecule has 1 aliphatic rings. The number of alkyl halides is 3. The number of carbonyl (C=O) groups is 1. The van der Waals surface area contributed by atoms with E-state index in [2.05, 4.69) is 32.1 Å². The summed E-state index contributed by atoms with van der Waals surface area (Å²) < 4.78 is 52.8. The molecule has 1 atom stereocenters. The minimum absolute atomic E-state index is 0.0130. The fraction of sp³-hybridized carbons (Fsp3) is 0.286. The molecule has 0 bridgehead atoms. The topological polar surface area (TPSA) is 88.8 Å². The number of anilines is 1. The average Bonchev–Trinajstić information content (AvgIpc) is 3.31. The second-order valence-corrected chi connectivity index (χ2v) is 7.40. The summed E-state index contributed by atoms with van der Waals surface area (Å²) >= 11 is 0. The minimum Gasteiger partial charge on any atom is -0.352 e. The average molecular weight is 461 g/mol. The lowest BCUT2D eigenvalue weighted by Crippen LogP contribution is -2.48. The van der Waals surface area contributed by atoms with E-state index in [4.69, 9.17) is 0 Å². The van der Waals surface area contributed by atoms with E-state index in [1.807, 2.05) is 0 Å². The van der Waals surface area contributed by atoms with Crippen molar-refractivity contribution in [1.29, 1.82) is 0 Å². The second-order valence-electron chi connectivity index (χ2n) is 7.40. The number of rotatable bonds is 5. The largest absolute Gasteiger partial charge is 0.419 e. The van der Waals surface area contributed by atoms with Crippen molar-refractivity contribution in [2.24, 2.45) is 0 Å². The fourth-order valence-electron chi connectivity index (χ4n) is 3.65. The van der Waals surface area contributed by atoms with Gasteiger partial charge in [-0.15, -0.1) is 4.80 Å². The van der Waals surface area contributed by atoms with E-state index in [0.717, 1.165) is 10.4 Å². The summed E-state index contributed by atoms with van der Waals surface area (Å²) in [5, 5.41) is 10.7. The number of halogens is 4. The van der Waals surface area contributed by atoms with Gasteiger partial charge in [-0.1, -0.05) is 18.2 Å². The van der Waals surface area contributed by atoms with Crippen molar-refractivity contribution in [3.05, 3.63) is 72.1 Å². The Hall–Kier alpha value is -3.83. The Morgan fingerprint density at radius 2 is 1.88 bits per heavy atom. The monoisotopic (exact) mass is 461 g/mol. The number of likely N-dealkylation sites (tertiary alicyclic amines) is 1. The highest BCUT2D eigenvalue weighted by Crippen LogP contribution is 2.29. The molecule has 1 aliphatic heterocycles. The first-order valence-electron chi connectivity index (χ1n) is 10.0. The Labute approximate surface area is 186 Å². The molecule has 172 valence electrons. The molecule has 0 unspecified atom stereocenters. The van der Waals surface area contributed by atoms with Crippen LogP contribution in [0.1, 0.15) is 28.8 Å². The van der Waals surface area contributed by atoms with E-state index in [1.54, 1.807) is 4.90 Å². The van der Waals surface area contributed by atoms with Crippen LogP contribution in [-0.2, 0) is 6.18 Å². The summed E-state index contributed by atoms with van der Waals surface area (Å²) in [6.45, 7) is 4.56. The predicted octanol–water partition coefficient (Wildman–Crippen LogP) is 3.49. The van der Waals surface area contributed by atoms with Crippen LogP contribution < -0.4 is 5.32 Å². The molecule has 33 heavy (non-hydrogen) atoms. The molecular formula is C21H19F4N7O. The van der Waals surface area contributed by atoms with Crippen molar-refractivity contribution in [1.82, 2.24) is 29.9 Å². The third kappa shape index (κ3) is 4.69. The summed E-state index contributed by atoms with van der Waals surface area (Å²) in [5.74, 6) is -1.11. The van der Waals surface area contributed by atoms with Crippen molar-refractivity contribution >= 4 is 11.9 Å². The maximum Gasteiger partial charge on any atom is 0.419 e. The summed E-state index contributed by atoms with van der Waals surface area (Å²) in [5.41, 5.74) is -0.194. The highest BCUT2D eigenvalue weighted by Gasteiger charge is 2.33. The number of carbonyl (C=O) groups excluding carboxylic acids is 1. The molecule has 0 saturated carbocycles. The van der Waals surface area contributed by atoms with Gasteiger partial charge in [-0.05, 0) is 25.0 Å². The molecule has 2 aromatic heterocycles. The molecule has 0 radical (unpaired) electrons. The highest BCUT2D eigenvalue weighted by atomic mass is 19.4. The number of piperidine rings is 1. The van der Waals surface area contributed by atoms with E-state index < -0.39 is 29.5 Å². The number of hydrogen-bond acceptors (Lipinski definition) is 6. The first kappa shape index (κ1) is 22.4. The summed E-state index contributed by atoms with van der Waals surface area (Å²) in [6, 6.07) is 3.63. The molecule has 3 heterocycles. The molecule has 1 N–H and O–H groups in total. The lowest BCUT2D eigenvalue weighted by molar-refractivity contribution is -0.138. The Kier molecular flexibility index (Phi) is 6.07. The number of nitrogens with one attached hydrogen (secondary N) is 1. The smallest absolute Gasteiger partial charge is 0.352 e. The first-order chi connectivity index (χ1) is 15.8. The Morgan fingerprint density at radius 3 is 2.55 bits per heavy atom. The molecule has 4 rings (SSSR count). The van der Waals surface area contributed by atoms with Gasteiger partial charge >= 0.3 is 6.18 Å². The molecule has 1 fully saturated rings. The normalized spacial score (nSPS) is 16.7. The van der Waals surface area contributed by atoms with Gasteiger partial charge in [0.2, 0.25) is 5.95 Å². The summed E-state index contributed by atoms with van der Waals surface area (Å²) in [6.07, 6.45) is 0.920. The number of amides is 1. The fourth-order valence-corrected chi connectivity index (χ4v) is 3.65. The van der Waals surface area contributed by atoms with Gasteiger partial charge in [0.05, 0.1) is 29.6 Å². The van der Waals surface area contributed by atoms with Crippen molar-refractivity contribution in [3.63, 3.8) is 0 Å². The second kappa shape index (κ2) is 8.96. The van der Waals surface area contributed by atoms with Crippen LogP contribution in [0, 0.1) is 5.82 Å². The van der Waals surface area contributed by atoms with Crippen molar-refractivity contribution in [2.45, 2.75) is 25.1 Å². The third-order valence-corrected chi connectivity index (χ3v) is 5.27. The number of aromatic nitrogens is 5. The first-order valence-corrected chi connectivity index (χ1v) is 10.0. The SMILES string of the molecule is C=C1CCCN(C(=O)c2cccc(F)c2-n2nccn2)[C@@H]1CNc1ncc(C(F)(F)F)cn1. The van der Waals surface area contributed by atoms with Gasteiger partial charge < -0.3 is 10.2 Å². The Balaban J connectivity index is 1.56.